The summed E-state index contributed by atoms with van der Waals surface area (Å²) in [5.74, 6) is 3.65. The number of fused-ring (bicyclic) bond motifs is 1. The molecule has 1 aliphatic heterocycles. The summed E-state index contributed by atoms with van der Waals surface area (Å²) in [4.78, 5) is 15.0. The number of guanidine groups is 1. The van der Waals surface area contributed by atoms with E-state index in [4.69, 9.17) is 5.73 Å². The first-order valence-electron chi connectivity index (χ1n) is 7.25. The number of thioether (sulfide) groups is 1. The van der Waals surface area contributed by atoms with Crippen molar-refractivity contribution < 1.29 is 0 Å². The van der Waals surface area contributed by atoms with Crippen LogP contribution in [-0.2, 0) is 7.05 Å². The Kier molecular flexibility index (Phi) is 4.62. The molecule has 0 aliphatic carbocycles. The van der Waals surface area contributed by atoms with Gasteiger partial charge in [-0.05, 0) is 0 Å². The number of hydrogen-bond acceptors (Lipinski definition) is 6. The lowest BCUT2D eigenvalue weighted by atomic mass is 10.4. The van der Waals surface area contributed by atoms with Gasteiger partial charge < -0.3 is 16.0 Å². The van der Waals surface area contributed by atoms with Crippen molar-refractivity contribution in [1.29, 1.82) is 0 Å². The van der Waals surface area contributed by atoms with E-state index in [0.29, 0.717) is 19.0 Å². The first-order chi connectivity index (χ1) is 10.8. The van der Waals surface area contributed by atoms with Gasteiger partial charge in [-0.3, -0.25) is 9.67 Å². The van der Waals surface area contributed by atoms with Crippen LogP contribution in [0, 0.1) is 0 Å². The second-order valence-electron chi connectivity index (χ2n) is 4.99. The molecule has 118 valence electrons. The normalized spacial score (nSPS) is 16.2. The topological polar surface area (TPSA) is 97.2 Å². The van der Waals surface area contributed by atoms with Crippen LogP contribution in [0.1, 0.15) is 0 Å². The lowest BCUT2D eigenvalue weighted by Crippen LogP contribution is -2.42. The fourth-order valence-electron chi connectivity index (χ4n) is 2.34. The highest BCUT2D eigenvalue weighted by atomic mass is 32.2. The minimum Gasteiger partial charge on any atom is -0.370 e. The number of nitrogens with one attached hydrogen (secondary N) is 1. The summed E-state index contributed by atoms with van der Waals surface area (Å²) in [6.07, 6.45) is 3.30. The third kappa shape index (κ3) is 3.24. The third-order valence-electron chi connectivity index (χ3n) is 3.54. The van der Waals surface area contributed by atoms with E-state index in [9.17, 15) is 0 Å². The van der Waals surface area contributed by atoms with Gasteiger partial charge in [0, 0.05) is 38.2 Å². The van der Waals surface area contributed by atoms with E-state index in [-0.39, 0.29) is 0 Å². The fourth-order valence-corrected chi connectivity index (χ4v) is 3.24. The van der Waals surface area contributed by atoms with Gasteiger partial charge in [-0.1, -0.05) is 0 Å². The molecule has 0 amide bonds. The molecule has 2 aromatic rings. The summed E-state index contributed by atoms with van der Waals surface area (Å²) in [7, 11) is 1.86. The van der Waals surface area contributed by atoms with Gasteiger partial charge in [-0.25, -0.2) is 9.97 Å². The number of anilines is 1. The Labute approximate surface area is 133 Å². The Morgan fingerprint density at radius 3 is 3.05 bits per heavy atom. The highest BCUT2D eigenvalue weighted by Crippen LogP contribution is 2.17. The van der Waals surface area contributed by atoms with Crippen molar-refractivity contribution in [1.82, 2.24) is 24.6 Å². The third-order valence-corrected chi connectivity index (χ3v) is 4.49. The second-order valence-corrected chi connectivity index (χ2v) is 6.22. The highest BCUT2D eigenvalue weighted by Gasteiger charge is 2.12. The largest absolute Gasteiger partial charge is 0.370 e. The van der Waals surface area contributed by atoms with Crippen molar-refractivity contribution in [2.24, 2.45) is 17.8 Å². The molecule has 0 bridgehead atoms. The maximum atomic E-state index is 6.02. The SMILES string of the molecule is Cn1ncc2c(NCCN=C(N)N3CCSCC3)ncnc21. The number of nitrogens with zero attached hydrogens (tertiary/aromatic N) is 6. The molecule has 1 fully saturated rings. The molecule has 1 aliphatic rings. The van der Waals surface area contributed by atoms with Crippen LogP contribution in [0.3, 0.4) is 0 Å². The zero-order valence-corrected chi connectivity index (χ0v) is 13.4. The molecule has 0 unspecified atom stereocenters. The Bertz CT molecular complexity index is 661. The monoisotopic (exact) mass is 320 g/mol. The molecule has 1 saturated heterocycles. The molecule has 3 rings (SSSR count). The zero-order chi connectivity index (χ0) is 15.4. The Morgan fingerprint density at radius 1 is 1.41 bits per heavy atom. The number of aromatic nitrogens is 4. The predicted octanol–water partition coefficient (Wildman–Crippen LogP) is 0.139. The molecule has 0 radical (unpaired) electrons. The lowest BCUT2D eigenvalue weighted by molar-refractivity contribution is 0.456. The van der Waals surface area contributed by atoms with Crippen LogP contribution in [0.25, 0.3) is 11.0 Å². The maximum absolute atomic E-state index is 6.02. The molecule has 22 heavy (non-hydrogen) atoms. The summed E-state index contributed by atoms with van der Waals surface area (Å²) < 4.78 is 1.73. The zero-order valence-electron chi connectivity index (χ0n) is 12.6. The Hall–Kier alpha value is -2.03. The van der Waals surface area contributed by atoms with Gasteiger partial charge in [0.2, 0.25) is 0 Å². The van der Waals surface area contributed by atoms with E-state index in [1.165, 1.54) is 6.33 Å². The van der Waals surface area contributed by atoms with Crippen LogP contribution >= 0.6 is 11.8 Å². The van der Waals surface area contributed by atoms with Gasteiger partial charge >= 0.3 is 0 Å². The predicted molar refractivity (Wildman–Crippen MR) is 90.2 cm³/mol. The van der Waals surface area contributed by atoms with Crippen molar-refractivity contribution in [3.8, 4) is 0 Å². The minimum atomic E-state index is 0.612. The lowest BCUT2D eigenvalue weighted by Gasteiger charge is -2.27. The molecule has 0 spiro atoms. The van der Waals surface area contributed by atoms with E-state index in [1.54, 1.807) is 10.9 Å². The van der Waals surface area contributed by atoms with E-state index in [2.05, 4.69) is 30.3 Å². The molecule has 3 N–H and O–H groups in total. The van der Waals surface area contributed by atoms with Gasteiger partial charge in [0.1, 0.15) is 12.1 Å². The molecule has 0 aromatic carbocycles. The first-order valence-corrected chi connectivity index (χ1v) is 8.40. The van der Waals surface area contributed by atoms with Gasteiger partial charge in [0.15, 0.2) is 11.6 Å². The second kappa shape index (κ2) is 6.82. The van der Waals surface area contributed by atoms with Gasteiger partial charge in [0.05, 0.1) is 18.1 Å². The van der Waals surface area contributed by atoms with Crippen LogP contribution in [0.4, 0.5) is 5.82 Å². The quantitative estimate of drug-likeness (QED) is 0.470. The van der Waals surface area contributed by atoms with E-state index in [0.717, 1.165) is 41.4 Å². The summed E-state index contributed by atoms with van der Waals surface area (Å²) in [5, 5.41) is 8.37. The maximum Gasteiger partial charge on any atom is 0.191 e. The van der Waals surface area contributed by atoms with E-state index < -0.39 is 0 Å². The van der Waals surface area contributed by atoms with Crippen LogP contribution in [-0.4, -0.2) is 68.3 Å². The molecule has 8 nitrogen and oxygen atoms in total. The van der Waals surface area contributed by atoms with Crippen molar-refractivity contribution in [2.45, 2.75) is 0 Å². The summed E-state index contributed by atoms with van der Waals surface area (Å²) in [6, 6.07) is 0. The van der Waals surface area contributed by atoms with E-state index in [1.807, 2.05) is 18.8 Å². The Morgan fingerprint density at radius 2 is 2.23 bits per heavy atom. The summed E-state index contributed by atoms with van der Waals surface area (Å²) in [5.41, 5.74) is 6.83. The molecule has 0 saturated carbocycles. The number of hydrogen-bond donors (Lipinski definition) is 2. The fraction of sp³-hybridized carbons (Fsp3) is 0.538. The van der Waals surface area contributed by atoms with Gasteiger partial charge in [-0.2, -0.15) is 16.9 Å². The molecule has 0 atom stereocenters. The van der Waals surface area contributed by atoms with Crippen molar-refractivity contribution in [3.63, 3.8) is 0 Å². The van der Waals surface area contributed by atoms with Crippen molar-refractivity contribution >= 4 is 34.6 Å². The van der Waals surface area contributed by atoms with Crippen molar-refractivity contribution in [2.75, 3.05) is 43.0 Å². The smallest absolute Gasteiger partial charge is 0.191 e. The Balaban J connectivity index is 1.56. The molecule has 2 aromatic heterocycles. The van der Waals surface area contributed by atoms with Crippen LogP contribution in [0.15, 0.2) is 17.5 Å². The van der Waals surface area contributed by atoms with Gasteiger partial charge in [-0.15, -0.1) is 0 Å². The van der Waals surface area contributed by atoms with Gasteiger partial charge in [0.25, 0.3) is 0 Å². The van der Waals surface area contributed by atoms with Crippen LogP contribution < -0.4 is 11.1 Å². The number of rotatable bonds is 4. The number of aryl methyl sites for hydroxylation is 1. The first kappa shape index (κ1) is 14.9. The average molecular weight is 320 g/mol. The van der Waals surface area contributed by atoms with E-state index >= 15 is 0 Å². The summed E-state index contributed by atoms with van der Waals surface area (Å²) in [6.45, 7) is 3.25. The van der Waals surface area contributed by atoms with Crippen LogP contribution in [0.2, 0.25) is 0 Å². The highest BCUT2D eigenvalue weighted by molar-refractivity contribution is 7.99. The number of aliphatic imine (C=N–C) groups is 1. The van der Waals surface area contributed by atoms with Crippen molar-refractivity contribution in [3.05, 3.63) is 12.5 Å². The average Bonchev–Trinajstić information content (AvgIpc) is 2.94. The molecule has 3 heterocycles. The molecular formula is C13H20N8S. The number of nitrogens with two attached hydrogens (primary N) is 1. The minimum absolute atomic E-state index is 0.612. The summed E-state index contributed by atoms with van der Waals surface area (Å²) >= 11 is 1.96. The van der Waals surface area contributed by atoms with Crippen LogP contribution in [0.5, 0.6) is 0 Å². The standard InChI is InChI=1S/C13H20N8S/c1-20-12-10(8-19-20)11(17-9-18-12)15-2-3-16-13(14)21-4-6-22-7-5-21/h8-9H,2-7H2,1H3,(H2,14,16)(H,15,17,18). The molecular weight excluding hydrogens is 300 g/mol. The molecule has 9 heteroatoms.